The number of aromatic nitrogens is 4. The molecule has 1 aliphatic heterocycles. The summed E-state index contributed by atoms with van der Waals surface area (Å²) in [5.74, 6) is 3.41. The standard InChI is InChI=1S/C21H30N6O/c1-15-12-20(26-25-15)24-18-9-10-22-19(23-18)13-16-6-5-11-27(14-16)21(28)17-7-3-2-4-8-17/h9-10,12,16-17H,2-8,11,13-14H2,1H3,(H2,22,23,24,25,26)/t16-/m1/s1. The second-order valence-electron chi connectivity index (χ2n) is 8.25. The van der Waals surface area contributed by atoms with Gasteiger partial charge in [0, 0.05) is 43.4 Å². The number of hydrogen-bond donors (Lipinski definition) is 2. The molecule has 0 aromatic carbocycles. The van der Waals surface area contributed by atoms with Crippen LogP contribution in [0.25, 0.3) is 0 Å². The summed E-state index contributed by atoms with van der Waals surface area (Å²) >= 11 is 0. The van der Waals surface area contributed by atoms with E-state index in [-0.39, 0.29) is 5.92 Å². The number of H-pyrrole nitrogens is 1. The predicted molar refractivity (Wildman–Crippen MR) is 108 cm³/mol. The highest BCUT2D eigenvalue weighted by atomic mass is 16.2. The average Bonchev–Trinajstić information content (AvgIpc) is 3.13. The number of piperidine rings is 1. The molecule has 150 valence electrons. The quantitative estimate of drug-likeness (QED) is 0.825. The van der Waals surface area contributed by atoms with Crippen molar-refractivity contribution in [2.45, 2.75) is 58.3 Å². The number of carbonyl (C=O) groups is 1. The van der Waals surface area contributed by atoms with E-state index in [9.17, 15) is 4.79 Å². The fourth-order valence-electron chi connectivity index (χ4n) is 4.48. The molecule has 0 bridgehead atoms. The van der Waals surface area contributed by atoms with Gasteiger partial charge in [-0.25, -0.2) is 9.97 Å². The van der Waals surface area contributed by atoms with Gasteiger partial charge < -0.3 is 10.2 Å². The lowest BCUT2D eigenvalue weighted by Gasteiger charge is -2.35. The van der Waals surface area contributed by atoms with E-state index >= 15 is 0 Å². The van der Waals surface area contributed by atoms with Gasteiger partial charge in [-0.1, -0.05) is 19.3 Å². The van der Waals surface area contributed by atoms with E-state index in [1.807, 2.05) is 19.1 Å². The molecular formula is C21H30N6O. The molecule has 7 heteroatoms. The maximum Gasteiger partial charge on any atom is 0.225 e. The Morgan fingerprint density at radius 2 is 2.07 bits per heavy atom. The normalized spacial score (nSPS) is 20.9. The summed E-state index contributed by atoms with van der Waals surface area (Å²) < 4.78 is 0. The number of likely N-dealkylation sites (tertiary alicyclic amines) is 1. The van der Waals surface area contributed by atoms with E-state index in [1.54, 1.807) is 6.20 Å². The van der Waals surface area contributed by atoms with Gasteiger partial charge in [0.1, 0.15) is 11.6 Å². The Bertz CT molecular complexity index is 798. The molecule has 0 unspecified atom stereocenters. The van der Waals surface area contributed by atoms with E-state index in [1.165, 1.54) is 19.3 Å². The van der Waals surface area contributed by atoms with Gasteiger partial charge in [-0.2, -0.15) is 5.10 Å². The largest absolute Gasteiger partial charge is 0.342 e. The highest BCUT2D eigenvalue weighted by molar-refractivity contribution is 5.79. The molecule has 2 aliphatic rings. The van der Waals surface area contributed by atoms with Crippen molar-refractivity contribution < 1.29 is 4.79 Å². The molecular weight excluding hydrogens is 352 g/mol. The Morgan fingerprint density at radius 1 is 1.21 bits per heavy atom. The molecule has 3 heterocycles. The first-order valence-corrected chi connectivity index (χ1v) is 10.6. The number of hydrogen-bond acceptors (Lipinski definition) is 5. The van der Waals surface area contributed by atoms with Gasteiger partial charge >= 0.3 is 0 Å². The van der Waals surface area contributed by atoms with Crippen molar-refractivity contribution in [2.24, 2.45) is 11.8 Å². The minimum Gasteiger partial charge on any atom is -0.342 e. The predicted octanol–water partition coefficient (Wildman–Crippen LogP) is 3.61. The molecule has 0 spiro atoms. The van der Waals surface area contributed by atoms with Crippen LogP contribution in [-0.4, -0.2) is 44.1 Å². The number of anilines is 2. The van der Waals surface area contributed by atoms with E-state index in [0.29, 0.717) is 11.8 Å². The van der Waals surface area contributed by atoms with Crippen molar-refractivity contribution >= 4 is 17.5 Å². The van der Waals surface area contributed by atoms with Gasteiger partial charge in [0.25, 0.3) is 0 Å². The fraction of sp³-hybridized carbons (Fsp3) is 0.619. The van der Waals surface area contributed by atoms with Crippen molar-refractivity contribution in [1.82, 2.24) is 25.1 Å². The zero-order valence-electron chi connectivity index (χ0n) is 16.7. The lowest BCUT2D eigenvalue weighted by atomic mass is 9.87. The second-order valence-corrected chi connectivity index (χ2v) is 8.25. The van der Waals surface area contributed by atoms with Crippen molar-refractivity contribution in [3.63, 3.8) is 0 Å². The highest BCUT2D eigenvalue weighted by Gasteiger charge is 2.30. The maximum atomic E-state index is 12.9. The molecule has 1 saturated heterocycles. The van der Waals surface area contributed by atoms with Gasteiger partial charge in [-0.15, -0.1) is 0 Å². The summed E-state index contributed by atoms with van der Waals surface area (Å²) in [6, 6.07) is 3.80. The van der Waals surface area contributed by atoms with E-state index in [4.69, 9.17) is 0 Å². The molecule has 1 aliphatic carbocycles. The molecule has 28 heavy (non-hydrogen) atoms. The van der Waals surface area contributed by atoms with Gasteiger partial charge in [0.05, 0.1) is 0 Å². The molecule has 1 amide bonds. The van der Waals surface area contributed by atoms with Gasteiger partial charge in [-0.05, 0) is 44.6 Å². The number of nitrogens with one attached hydrogen (secondary N) is 2. The zero-order valence-corrected chi connectivity index (χ0v) is 16.7. The molecule has 1 saturated carbocycles. The maximum absolute atomic E-state index is 12.9. The number of carbonyl (C=O) groups excluding carboxylic acids is 1. The summed E-state index contributed by atoms with van der Waals surface area (Å²) in [4.78, 5) is 24.1. The summed E-state index contributed by atoms with van der Waals surface area (Å²) in [6.45, 7) is 3.72. The third-order valence-electron chi connectivity index (χ3n) is 5.92. The number of aryl methyl sites for hydroxylation is 1. The van der Waals surface area contributed by atoms with Gasteiger partial charge in [0.2, 0.25) is 5.91 Å². The van der Waals surface area contributed by atoms with Crippen LogP contribution < -0.4 is 5.32 Å². The van der Waals surface area contributed by atoms with Crippen molar-refractivity contribution in [1.29, 1.82) is 0 Å². The first-order chi connectivity index (χ1) is 13.7. The molecule has 1 atom stereocenters. The average molecular weight is 383 g/mol. The first-order valence-electron chi connectivity index (χ1n) is 10.6. The lowest BCUT2D eigenvalue weighted by molar-refractivity contribution is -0.138. The number of rotatable bonds is 5. The smallest absolute Gasteiger partial charge is 0.225 e. The lowest BCUT2D eigenvalue weighted by Crippen LogP contribution is -2.44. The number of aromatic amines is 1. The van der Waals surface area contributed by atoms with Gasteiger partial charge in [-0.3, -0.25) is 9.89 Å². The zero-order chi connectivity index (χ0) is 19.3. The Morgan fingerprint density at radius 3 is 2.86 bits per heavy atom. The van der Waals surface area contributed by atoms with Crippen LogP contribution in [0, 0.1) is 18.8 Å². The van der Waals surface area contributed by atoms with Crippen molar-refractivity contribution in [2.75, 3.05) is 18.4 Å². The third-order valence-corrected chi connectivity index (χ3v) is 5.92. The van der Waals surface area contributed by atoms with E-state index in [0.717, 1.165) is 68.3 Å². The molecule has 2 aromatic rings. The minimum atomic E-state index is 0.258. The Kier molecular flexibility index (Phi) is 5.88. The molecule has 0 radical (unpaired) electrons. The van der Waals surface area contributed by atoms with Crippen LogP contribution in [0.4, 0.5) is 11.6 Å². The Hall–Kier alpha value is -2.44. The van der Waals surface area contributed by atoms with Gasteiger partial charge in [0.15, 0.2) is 5.82 Å². The fourth-order valence-corrected chi connectivity index (χ4v) is 4.48. The molecule has 4 rings (SSSR count). The summed E-state index contributed by atoms with van der Waals surface area (Å²) in [6.07, 6.45) is 10.6. The highest BCUT2D eigenvalue weighted by Crippen LogP contribution is 2.28. The van der Waals surface area contributed by atoms with Crippen LogP contribution in [-0.2, 0) is 11.2 Å². The van der Waals surface area contributed by atoms with Crippen molar-refractivity contribution in [3.8, 4) is 0 Å². The molecule has 2 N–H and O–H groups in total. The number of amides is 1. The van der Waals surface area contributed by atoms with Crippen LogP contribution in [0.2, 0.25) is 0 Å². The summed E-state index contributed by atoms with van der Waals surface area (Å²) in [5, 5.41) is 10.3. The van der Waals surface area contributed by atoms with Crippen LogP contribution in [0.15, 0.2) is 18.3 Å². The SMILES string of the molecule is Cc1cc(Nc2ccnc(C[C@H]3CCCN(C(=O)C4CCCCC4)C3)n2)n[nH]1. The molecule has 7 nitrogen and oxygen atoms in total. The second kappa shape index (κ2) is 8.71. The molecule has 2 fully saturated rings. The first kappa shape index (κ1) is 18.9. The van der Waals surface area contributed by atoms with Crippen molar-refractivity contribution in [3.05, 3.63) is 29.8 Å². The molecule has 2 aromatic heterocycles. The summed E-state index contributed by atoms with van der Waals surface area (Å²) in [5.41, 5.74) is 1.00. The Balaban J connectivity index is 1.35. The monoisotopic (exact) mass is 382 g/mol. The number of nitrogens with zero attached hydrogens (tertiary/aromatic N) is 4. The Labute approximate surface area is 166 Å². The van der Waals surface area contributed by atoms with Crippen LogP contribution in [0.3, 0.4) is 0 Å². The third kappa shape index (κ3) is 4.69. The topological polar surface area (TPSA) is 86.8 Å². The van der Waals surface area contributed by atoms with Crippen LogP contribution >= 0.6 is 0 Å². The van der Waals surface area contributed by atoms with Crippen LogP contribution in [0.5, 0.6) is 0 Å². The van der Waals surface area contributed by atoms with E-state index < -0.39 is 0 Å². The van der Waals surface area contributed by atoms with Crippen LogP contribution in [0.1, 0.15) is 56.5 Å². The minimum absolute atomic E-state index is 0.258. The summed E-state index contributed by atoms with van der Waals surface area (Å²) in [7, 11) is 0. The van der Waals surface area contributed by atoms with E-state index in [2.05, 4.69) is 30.4 Å².